The Kier molecular flexibility index (Phi) is 5.83. The number of halogens is 1. The second-order valence-corrected chi connectivity index (χ2v) is 7.18. The summed E-state index contributed by atoms with van der Waals surface area (Å²) < 4.78 is 1.77. The minimum Gasteiger partial charge on any atom is -0.394 e. The number of aliphatic hydroxyl groups excluding tert-OH is 1. The molecule has 5 rings (SSSR count). The van der Waals surface area contributed by atoms with Crippen molar-refractivity contribution in [3.8, 4) is 11.3 Å². The molecular formula is C22H23ClN6O. The zero-order valence-electron chi connectivity index (χ0n) is 16.3. The molecule has 154 valence electrons. The van der Waals surface area contributed by atoms with Crippen LogP contribution in [0.25, 0.3) is 16.9 Å². The highest BCUT2D eigenvalue weighted by Crippen LogP contribution is 2.28. The van der Waals surface area contributed by atoms with Crippen molar-refractivity contribution in [2.45, 2.75) is 18.9 Å². The maximum absolute atomic E-state index is 9.63. The van der Waals surface area contributed by atoms with E-state index >= 15 is 0 Å². The largest absolute Gasteiger partial charge is 0.394 e. The summed E-state index contributed by atoms with van der Waals surface area (Å²) in [5.41, 5.74) is 3.48. The molecule has 1 saturated heterocycles. The fourth-order valence-corrected chi connectivity index (χ4v) is 3.88. The van der Waals surface area contributed by atoms with E-state index in [0.717, 1.165) is 53.6 Å². The molecular weight excluding hydrogens is 400 g/mol. The van der Waals surface area contributed by atoms with Crippen LogP contribution in [-0.2, 0) is 0 Å². The molecule has 0 bridgehead atoms. The third-order valence-electron chi connectivity index (χ3n) is 5.31. The van der Waals surface area contributed by atoms with E-state index in [-0.39, 0.29) is 25.1 Å². The summed E-state index contributed by atoms with van der Waals surface area (Å²) in [4.78, 5) is 11.4. The summed E-state index contributed by atoms with van der Waals surface area (Å²) in [6.45, 7) is 1.07. The molecule has 0 amide bonds. The quantitative estimate of drug-likeness (QED) is 0.507. The number of hydrogen-bond acceptors (Lipinski definition) is 6. The van der Waals surface area contributed by atoms with Gasteiger partial charge in [-0.05, 0) is 31.0 Å². The van der Waals surface area contributed by atoms with Gasteiger partial charge in [0.25, 0.3) is 0 Å². The summed E-state index contributed by atoms with van der Waals surface area (Å²) in [6, 6.07) is 18.1. The Bertz CT molecular complexity index is 1130. The molecule has 0 saturated carbocycles. The number of nitrogens with zero attached hydrogens (tertiary/aromatic N) is 5. The summed E-state index contributed by atoms with van der Waals surface area (Å²) in [5, 5.41) is 17.7. The minimum absolute atomic E-state index is 0. The minimum atomic E-state index is 0. The second kappa shape index (κ2) is 8.69. The van der Waals surface area contributed by atoms with Crippen molar-refractivity contribution >= 4 is 35.4 Å². The van der Waals surface area contributed by atoms with Gasteiger partial charge in [-0.25, -0.2) is 14.5 Å². The molecule has 30 heavy (non-hydrogen) atoms. The van der Waals surface area contributed by atoms with Gasteiger partial charge in [0.2, 0.25) is 0 Å². The van der Waals surface area contributed by atoms with Crippen molar-refractivity contribution in [3.05, 3.63) is 67.0 Å². The van der Waals surface area contributed by atoms with Crippen LogP contribution < -0.4 is 10.2 Å². The van der Waals surface area contributed by atoms with E-state index in [9.17, 15) is 5.11 Å². The molecule has 7 nitrogen and oxygen atoms in total. The van der Waals surface area contributed by atoms with E-state index in [4.69, 9.17) is 4.98 Å². The summed E-state index contributed by atoms with van der Waals surface area (Å²) in [5.74, 6) is 1.62. The molecule has 1 aliphatic rings. The van der Waals surface area contributed by atoms with Crippen molar-refractivity contribution in [1.29, 1.82) is 0 Å². The van der Waals surface area contributed by atoms with E-state index in [2.05, 4.69) is 20.3 Å². The molecule has 1 unspecified atom stereocenters. The summed E-state index contributed by atoms with van der Waals surface area (Å²) >= 11 is 0. The molecule has 0 spiro atoms. The van der Waals surface area contributed by atoms with Crippen LogP contribution >= 0.6 is 12.4 Å². The number of hydrogen-bond donors (Lipinski definition) is 2. The third kappa shape index (κ3) is 3.81. The van der Waals surface area contributed by atoms with Gasteiger partial charge >= 0.3 is 0 Å². The van der Waals surface area contributed by atoms with Crippen LogP contribution in [0.5, 0.6) is 0 Å². The van der Waals surface area contributed by atoms with Gasteiger partial charge in [0.15, 0.2) is 5.65 Å². The van der Waals surface area contributed by atoms with Gasteiger partial charge < -0.3 is 15.3 Å². The lowest BCUT2D eigenvalue weighted by atomic mass is 10.1. The predicted octanol–water partition coefficient (Wildman–Crippen LogP) is 3.92. The SMILES string of the molecule is Cl.OCC1CCCN1c1cccc(Nc2cc(-c3ccccc3)nn3ccnc23)n1. The Morgan fingerprint density at radius 1 is 1.10 bits per heavy atom. The lowest BCUT2D eigenvalue weighted by Gasteiger charge is -2.24. The fraction of sp³-hybridized carbons (Fsp3) is 0.227. The Balaban J connectivity index is 0.00000218. The van der Waals surface area contributed by atoms with E-state index in [1.54, 1.807) is 10.7 Å². The third-order valence-corrected chi connectivity index (χ3v) is 5.31. The zero-order chi connectivity index (χ0) is 19.6. The van der Waals surface area contributed by atoms with Crippen LogP contribution in [0.3, 0.4) is 0 Å². The van der Waals surface area contributed by atoms with Crippen LogP contribution in [0.2, 0.25) is 0 Å². The number of benzene rings is 1. The smallest absolute Gasteiger partial charge is 0.177 e. The Morgan fingerprint density at radius 2 is 1.97 bits per heavy atom. The van der Waals surface area contributed by atoms with Crippen LogP contribution in [0.1, 0.15) is 12.8 Å². The van der Waals surface area contributed by atoms with Gasteiger partial charge in [-0.2, -0.15) is 5.10 Å². The monoisotopic (exact) mass is 422 g/mol. The number of fused-ring (bicyclic) bond motifs is 1. The highest BCUT2D eigenvalue weighted by molar-refractivity contribution is 5.85. The molecule has 4 heterocycles. The zero-order valence-corrected chi connectivity index (χ0v) is 17.2. The highest BCUT2D eigenvalue weighted by atomic mass is 35.5. The van der Waals surface area contributed by atoms with Crippen LogP contribution in [-0.4, -0.2) is 43.9 Å². The number of imidazole rings is 1. The molecule has 8 heteroatoms. The molecule has 2 N–H and O–H groups in total. The lowest BCUT2D eigenvalue weighted by Crippen LogP contribution is -2.32. The molecule has 1 aromatic carbocycles. The van der Waals surface area contributed by atoms with E-state index in [1.807, 2.05) is 60.8 Å². The topological polar surface area (TPSA) is 78.6 Å². The average Bonchev–Trinajstić information content (AvgIpc) is 3.44. The molecule has 1 aliphatic heterocycles. The van der Waals surface area contributed by atoms with Crippen molar-refractivity contribution in [1.82, 2.24) is 19.6 Å². The van der Waals surface area contributed by atoms with Crippen LogP contribution in [0.4, 0.5) is 17.3 Å². The standard InChI is InChI=1S/C22H22N6O.ClH/c29-15-17-8-5-12-27(17)21-10-4-9-20(25-21)24-19-14-18(16-6-2-1-3-7-16)26-28-13-11-23-22(19)28;/h1-4,6-7,9-11,13-14,17,29H,5,8,12,15H2,(H,24,25);1H. The molecule has 0 radical (unpaired) electrons. The highest BCUT2D eigenvalue weighted by Gasteiger charge is 2.25. The first kappa shape index (κ1) is 20.1. The van der Waals surface area contributed by atoms with Gasteiger partial charge in [-0.1, -0.05) is 36.4 Å². The number of pyridine rings is 1. The van der Waals surface area contributed by atoms with Crippen molar-refractivity contribution in [3.63, 3.8) is 0 Å². The number of aliphatic hydroxyl groups is 1. The normalized spacial score (nSPS) is 15.9. The molecule has 1 fully saturated rings. The number of aromatic nitrogens is 4. The Hall–Kier alpha value is -3.16. The van der Waals surface area contributed by atoms with Crippen molar-refractivity contribution in [2.75, 3.05) is 23.4 Å². The van der Waals surface area contributed by atoms with Gasteiger partial charge in [-0.3, -0.25) is 0 Å². The van der Waals surface area contributed by atoms with E-state index < -0.39 is 0 Å². The summed E-state index contributed by atoms with van der Waals surface area (Å²) in [6.07, 6.45) is 5.65. The molecule has 1 atom stereocenters. The van der Waals surface area contributed by atoms with Gasteiger partial charge in [0, 0.05) is 24.5 Å². The van der Waals surface area contributed by atoms with Crippen LogP contribution in [0, 0.1) is 0 Å². The Labute approximate surface area is 180 Å². The van der Waals surface area contributed by atoms with E-state index in [0.29, 0.717) is 0 Å². The number of anilines is 3. The van der Waals surface area contributed by atoms with Gasteiger partial charge in [0.1, 0.15) is 11.6 Å². The van der Waals surface area contributed by atoms with Gasteiger partial charge in [-0.15, -0.1) is 12.4 Å². The van der Waals surface area contributed by atoms with Crippen molar-refractivity contribution < 1.29 is 5.11 Å². The molecule has 3 aromatic heterocycles. The number of rotatable bonds is 5. The molecule has 0 aliphatic carbocycles. The first-order valence-corrected chi connectivity index (χ1v) is 9.83. The first-order valence-electron chi connectivity index (χ1n) is 9.83. The Morgan fingerprint density at radius 3 is 2.80 bits per heavy atom. The first-order chi connectivity index (χ1) is 14.3. The maximum atomic E-state index is 9.63. The summed E-state index contributed by atoms with van der Waals surface area (Å²) in [7, 11) is 0. The predicted molar refractivity (Wildman–Crippen MR) is 121 cm³/mol. The van der Waals surface area contributed by atoms with E-state index in [1.165, 1.54) is 0 Å². The lowest BCUT2D eigenvalue weighted by molar-refractivity contribution is 0.266. The molecule has 4 aromatic rings. The van der Waals surface area contributed by atoms with Crippen LogP contribution in [0.15, 0.2) is 67.0 Å². The second-order valence-electron chi connectivity index (χ2n) is 7.18. The maximum Gasteiger partial charge on any atom is 0.177 e. The van der Waals surface area contributed by atoms with Gasteiger partial charge in [0.05, 0.1) is 24.0 Å². The van der Waals surface area contributed by atoms with Crippen molar-refractivity contribution in [2.24, 2.45) is 0 Å². The number of nitrogens with one attached hydrogen (secondary N) is 1. The average molecular weight is 423 g/mol. The fourth-order valence-electron chi connectivity index (χ4n) is 3.88.